The molecule has 0 aromatic heterocycles. The van der Waals surface area contributed by atoms with Crippen molar-refractivity contribution >= 4 is 29.1 Å². The number of benzene rings is 3. The van der Waals surface area contributed by atoms with Crippen molar-refractivity contribution in [1.29, 1.82) is 0 Å². The number of aryl methyl sites for hydroxylation is 1. The van der Waals surface area contributed by atoms with Crippen LogP contribution in [0.5, 0.6) is 0 Å². The zero-order valence-corrected chi connectivity index (χ0v) is 18.0. The molecule has 31 heavy (non-hydrogen) atoms. The molecule has 3 aromatic rings. The van der Waals surface area contributed by atoms with Crippen molar-refractivity contribution in [2.45, 2.75) is 26.7 Å². The van der Waals surface area contributed by atoms with Crippen LogP contribution in [-0.4, -0.2) is 5.16 Å². The fourth-order valence-corrected chi connectivity index (χ4v) is 3.90. The molecule has 3 aromatic carbocycles. The van der Waals surface area contributed by atoms with Crippen molar-refractivity contribution in [1.82, 2.24) is 0 Å². The van der Waals surface area contributed by atoms with Gasteiger partial charge in [-0.05, 0) is 84.1 Å². The number of rotatable bonds is 3. The van der Waals surface area contributed by atoms with Gasteiger partial charge in [-0.1, -0.05) is 54.7 Å². The Bertz CT molecular complexity index is 1310. The molecule has 0 atom stereocenters. The van der Waals surface area contributed by atoms with Gasteiger partial charge in [-0.25, -0.2) is 8.78 Å². The van der Waals surface area contributed by atoms with Crippen molar-refractivity contribution in [3.8, 4) is 23.0 Å². The number of thiocarbonyl (C=S) groups is 1. The summed E-state index contributed by atoms with van der Waals surface area (Å²) in [6, 6.07) is 15.0. The summed E-state index contributed by atoms with van der Waals surface area (Å²) in [7, 11) is 0. The predicted octanol–water partition coefficient (Wildman–Crippen LogP) is 7.29. The third-order valence-electron chi connectivity index (χ3n) is 5.35. The molecule has 4 heteroatoms. The summed E-state index contributed by atoms with van der Waals surface area (Å²) < 4.78 is 28.1. The Balaban J connectivity index is 1.65. The topological polar surface area (TPSA) is 12.4 Å². The van der Waals surface area contributed by atoms with E-state index in [1.807, 2.05) is 17.3 Å². The number of hydrogen-bond acceptors (Lipinski definition) is 2. The molecule has 0 saturated heterocycles. The van der Waals surface area contributed by atoms with Gasteiger partial charge in [-0.15, -0.1) is 0 Å². The van der Waals surface area contributed by atoms with Gasteiger partial charge in [0.1, 0.15) is 5.69 Å². The van der Waals surface area contributed by atoms with Gasteiger partial charge in [0, 0.05) is 11.1 Å². The van der Waals surface area contributed by atoms with E-state index < -0.39 is 17.3 Å². The van der Waals surface area contributed by atoms with E-state index in [4.69, 9.17) is 0 Å². The van der Waals surface area contributed by atoms with Gasteiger partial charge >= 0.3 is 0 Å². The highest BCUT2D eigenvalue weighted by molar-refractivity contribution is 7.78. The van der Waals surface area contributed by atoms with E-state index >= 15 is 0 Å². The normalized spacial score (nSPS) is 11.8. The summed E-state index contributed by atoms with van der Waals surface area (Å²) in [6.07, 6.45) is 4.03. The van der Waals surface area contributed by atoms with E-state index in [1.54, 1.807) is 0 Å². The summed E-state index contributed by atoms with van der Waals surface area (Å²) >= 11 is 4.42. The molecule has 0 fully saturated rings. The van der Waals surface area contributed by atoms with Crippen LogP contribution in [0.3, 0.4) is 0 Å². The standard InChI is InChI=1S/C27H19F2NS/c1-3-19-14-22(23-9-8-21-10-17(2)11-24(21)15-23)7-6-20(19)5-4-18-12-25(28)27(30-16-31)26(29)13-18/h6-10,12-15H,3,11H2,1-2H3. The lowest BCUT2D eigenvalue weighted by molar-refractivity contribution is 0.587. The molecule has 0 radical (unpaired) electrons. The molecule has 0 unspecified atom stereocenters. The molecule has 0 heterocycles. The zero-order chi connectivity index (χ0) is 22.0. The van der Waals surface area contributed by atoms with Gasteiger partial charge < -0.3 is 0 Å². The van der Waals surface area contributed by atoms with Crippen LogP contribution in [-0.2, 0) is 12.8 Å². The van der Waals surface area contributed by atoms with Crippen molar-refractivity contribution in [2.24, 2.45) is 4.99 Å². The monoisotopic (exact) mass is 427 g/mol. The summed E-state index contributed by atoms with van der Waals surface area (Å²) in [6.45, 7) is 4.22. The largest absolute Gasteiger partial charge is 0.204 e. The van der Waals surface area contributed by atoms with Gasteiger partial charge in [0.05, 0.1) is 5.16 Å². The molecule has 0 amide bonds. The molecule has 0 bridgehead atoms. The van der Waals surface area contributed by atoms with E-state index in [9.17, 15) is 8.78 Å². The number of allylic oxidation sites excluding steroid dienone is 1. The summed E-state index contributed by atoms with van der Waals surface area (Å²) in [5, 5.41) is 1.98. The third-order valence-corrected chi connectivity index (χ3v) is 5.44. The maximum atomic E-state index is 14.0. The van der Waals surface area contributed by atoms with Crippen LogP contribution >= 0.6 is 12.2 Å². The Morgan fingerprint density at radius 2 is 1.68 bits per heavy atom. The minimum Gasteiger partial charge on any atom is -0.204 e. The molecule has 1 aliphatic rings. The maximum absolute atomic E-state index is 14.0. The lowest BCUT2D eigenvalue weighted by Gasteiger charge is -2.09. The van der Waals surface area contributed by atoms with Crippen molar-refractivity contribution in [3.63, 3.8) is 0 Å². The summed E-state index contributed by atoms with van der Waals surface area (Å²) in [5.41, 5.74) is 8.05. The number of hydrogen-bond donors (Lipinski definition) is 0. The zero-order valence-electron chi connectivity index (χ0n) is 17.2. The molecular formula is C27H19F2NS. The highest BCUT2D eigenvalue weighted by atomic mass is 32.1. The molecule has 1 aliphatic carbocycles. The lowest BCUT2D eigenvalue weighted by atomic mass is 9.95. The first-order valence-corrected chi connectivity index (χ1v) is 10.4. The Kier molecular flexibility index (Phi) is 5.91. The Hall–Kier alpha value is -3.38. The van der Waals surface area contributed by atoms with Crippen LogP contribution in [0.25, 0.3) is 17.2 Å². The maximum Gasteiger partial charge on any atom is 0.153 e. The van der Waals surface area contributed by atoms with E-state index in [0.717, 1.165) is 41.7 Å². The van der Waals surface area contributed by atoms with Gasteiger partial charge in [0.15, 0.2) is 11.6 Å². The molecule has 1 nitrogen and oxygen atoms in total. The van der Waals surface area contributed by atoms with Crippen LogP contribution in [0.15, 0.2) is 59.1 Å². The van der Waals surface area contributed by atoms with Crippen LogP contribution in [0, 0.1) is 23.5 Å². The smallest absolute Gasteiger partial charge is 0.153 e. The minimum absolute atomic E-state index is 0.242. The summed E-state index contributed by atoms with van der Waals surface area (Å²) in [4.78, 5) is 3.42. The highest BCUT2D eigenvalue weighted by Crippen LogP contribution is 2.30. The lowest BCUT2D eigenvalue weighted by Crippen LogP contribution is -1.91. The number of nitrogens with zero attached hydrogens (tertiary/aromatic N) is 1. The van der Waals surface area contributed by atoms with Gasteiger partial charge in [0.25, 0.3) is 0 Å². The number of isothiocyanates is 1. The SMILES string of the molecule is CCc1cc(-c2ccc3c(c2)CC(C)=C3)ccc1C#Cc1cc(F)c(N=C=S)c(F)c1. The Morgan fingerprint density at radius 3 is 2.39 bits per heavy atom. The molecular weight excluding hydrogens is 408 g/mol. The second kappa shape index (κ2) is 8.78. The quantitative estimate of drug-likeness (QED) is 0.243. The molecule has 0 aliphatic heterocycles. The van der Waals surface area contributed by atoms with Gasteiger partial charge in [0.2, 0.25) is 0 Å². The van der Waals surface area contributed by atoms with Gasteiger partial charge in [-0.3, -0.25) is 0 Å². The molecule has 0 spiro atoms. The first kappa shape index (κ1) is 20.9. The van der Waals surface area contributed by atoms with Crippen LogP contribution in [0.2, 0.25) is 0 Å². The molecule has 0 N–H and O–H groups in total. The van der Waals surface area contributed by atoms with Crippen molar-refractivity contribution < 1.29 is 8.78 Å². The van der Waals surface area contributed by atoms with E-state index in [1.165, 1.54) is 22.3 Å². The minimum atomic E-state index is -0.811. The first-order valence-electron chi connectivity index (χ1n) is 10.0. The van der Waals surface area contributed by atoms with Crippen LogP contribution < -0.4 is 0 Å². The number of aliphatic imine (C=N–C) groups is 1. The van der Waals surface area contributed by atoms with Crippen LogP contribution in [0.4, 0.5) is 14.5 Å². The molecule has 0 saturated carbocycles. The highest BCUT2D eigenvalue weighted by Gasteiger charge is 2.12. The fraction of sp³-hybridized carbons (Fsp3) is 0.148. The van der Waals surface area contributed by atoms with E-state index in [2.05, 4.69) is 73.2 Å². The van der Waals surface area contributed by atoms with Crippen molar-refractivity contribution in [2.75, 3.05) is 0 Å². The summed E-state index contributed by atoms with van der Waals surface area (Å²) in [5.74, 6) is 4.29. The first-order chi connectivity index (χ1) is 15.0. The number of halogens is 2. The third kappa shape index (κ3) is 4.39. The van der Waals surface area contributed by atoms with E-state index in [-0.39, 0.29) is 5.56 Å². The fourth-order valence-electron chi connectivity index (χ4n) is 3.81. The van der Waals surface area contributed by atoms with Crippen LogP contribution in [0.1, 0.15) is 41.7 Å². The average Bonchev–Trinajstić information content (AvgIpc) is 3.14. The molecule has 4 rings (SSSR count). The Labute approximate surface area is 186 Å². The second-order valence-corrected chi connectivity index (χ2v) is 7.73. The van der Waals surface area contributed by atoms with E-state index in [0.29, 0.717) is 0 Å². The Morgan fingerprint density at radius 1 is 0.968 bits per heavy atom. The second-order valence-electron chi connectivity index (χ2n) is 7.55. The molecule has 152 valence electrons. The van der Waals surface area contributed by atoms with Gasteiger partial charge in [-0.2, -0.15) is 4.99 Å². The average molecular weight is 428 g/mol. The number of fused-ring (bicyclic) bond motifs is 1. The van der Waals surface area contributed by atoms with Crippen molar-refractivity contribution in [3.05, 3.63) is 93.6 Å². The predicted molar refractivity (Wildman–Crippen MR) is 126 cm³/mol.